The normalized spacial score (nSPS) is 12.8. The molecule has 2 aromatic carbocycles. The van der Waals surface area contributed by atoms with Gasteiger partial charge in [-0.1, -0.05) is 24.3 Å². The van der Waals surface area contributed by atoms with E-state index >= 15 is 0 Å². The number of hydrogen-bond acceptors (Lipinski definition) is 2. The fourth-order valence-electron chi connectivity index (χ4n) is 2.26. The summed E-state index contributed by atoms with van der Waals surface area (Å²) in [6.07, 6.45) is 1.74. The quantitative estimate of drug-likeness (QED) is 0.797. The van der Waals surface area contributed by atoms with Crippen LogP contribution in [0.25, 0.3) is 10.9 Å². The molecule has 0 saturated carbocycles. The minimum absolute atomic E-state index is 0.283. The van der Waals surface area contributed by atoms with Crippen LogP contribution in [0.1, 0.15) is 11.6 Å². The van der Waals surface area contributed by atoms with Crippen molar-refractivity contribution in [3.63, 3.8) is 0 Å². The standard InChI is InChI=1S/C15H13F2N3/c16-11-5-6-12(13(17)7-11)14(18)9-20-15-4-2-1-3-10(15)8-19-20/h1-8,14H,9,18H2. The number of aromatic nitrogens is 2. The lowest BCUT2D eigenvalue weighted by atomic mass is 10.1. The molecule has 102 valence electrons. The highest BCUT2D eigenvalue weighted by Crippen LogP contribution is 2.20. The van der Waals surface area contributed by atoms with Crippen LogP contribution in [0.4, 0.5) is 8.78 Å². The Morgan fingerprint density at radius 1 is 1.15 bits per heavy atom. The van der Waals surface area contributed by atoms with Gasteiger partial charge >= 0.3 is 0 Å². The third-order valence-corrected chi connectivity index (χ3v) is 3.28. The fraction of sp³-hybridized carbons (Fsp3) is 0.133. The summed E-state index contributed by atoms with van der Waals surface area (Å²) in [7, 11) is 0. The number of nitrogens with zero attached hydrogens (tertiary/aromatic N) is 2. The molecule has 1 atom stereocenters. The van der Waals surface area contributed by atoms with Crippen molar-refractivity contribution in [2.45, 2.75) is 12.6 Å². The summed E-state index contributed by atoms with van der Waals surface area (Å²) in [5.41, 5.74) is 7.22. The van der Waals surface area contributed by atoms with Gasteiger partial charge in [0, 0.05) is 17.0 Å². The zero-order chi connectivity index (χ0) is 14.1. The molecule has 3 aromatic rings. The maximum atomic E-state index is 13.7. The molecule has 1 unspecified atom stereocenters. The maximum Gasteiger partial charge on any atom is 0.130 e. The largest absolute Gasteiger partial charge is 0.322 e. The van der Waals surface area contributed by atoms with Crippen LogP contribution in [0, 0.1) is 11.6 Å². The Balaban J connectivity index is 1.90. The number of benzene rings is 2. The predicted molar refractivity (Wildman–Crippen MR) is 73.0 cm³/mol. The maximum absolute atomic E-state index is 13.7. The molecule has 0 saturated heterocycles. The van der Waals surface area contributed by atoms with Crippen molar-refractivity contribution in [2.75, 3.05) is 0 Å². The van der Waals surface area contributed by atoms with E-state index in [4.69, 9.17) is 5.73 Å². The van der Waals surface area contributed by atoms with Crippen LogP contribution < -0.4 is 5.73 Å². The Morgan fingerprint density at radius 2 is 1.95 bits per heavy atom. The lowest BCUT2D eigenvalue weighted by Crippen LogP contribution is -2.19. The topological polar surface area (TPSA) is 43.8 Å². The Hall–Kier alpha value is -2.27. The molecule has 0 radical (unpaired) electrons. The van der Waals surface area contributed by atoms with Crippen molar-refractivity contribution in [3.05, 3.63) is 65.9 Å². The number of para-hydroxylation sites is 1. The zero-order valence-corrected chi connectivity index (χ0v) is 10.6. The van der Waals surface area contributed by atoms with Crippen molar-refractivity contribution in [1.29, 1.82) is 0 Å². The highest BCUT2D eigenvalue weighted by Gasteiger charge is 2.14. The van der Waals surface area contributed by atoms with E-state index in [9.17, 15) is 8.78 Å². The molecule has 20 heavy (non-hydrogen) atoms. The summed E-state index contributed by atoms with van der Waals surface area (Å²) < 4.78 is 28.3. The van der Waals surface area contributed by atoms with Crippen LogP contribution in [0.5, 0.6) is 0 Å². The molecule has 1 aromatic heterocycles. The van der Waals surface area contributed by atoms with Gasteiger partial charge in [0.2, 0.25) is 0 Å². The SMILES string of the molecule is NC(Cn1ncc2ccccc21)c1ccc(F)cc1F. The first-order valence-electron chi connectivity index (χ1n) is 6.26. The van der Waals surface area contributed by atoms with E-state index in [-0.39, 0.29) is 5.56 Å². The molecule has 3 rings (SSSR count). The average Bonchev–Trinajstić information content (AvgIpc) is 2.82. The predicted octanol–water partition coefficient (Wildman–Crippen LogP) is 3.01. The molecular formula is C15H13F2N3. The summed E-state index contributed by atoms with van der Waals surface area (Å²) in [6.45, 7) is 0.329. The van der Waals surface area contributed by atoms with E-state index in [2.05, 4.69) is 5.10 Å². The highest BCUT2D eigenvalue weighted by molar-refractivity contribution is 5.78. The van der Waals surface area contributed by atoms with Crippen LogP contribution in [0.15, 0.2) is 48.7 Å². The van der Waals surface area contributed by atoms with Gasteiger partial charge in [-0.25, -0.2) is 8.78 Å². The molecule has 0 bridgehead atoms. The van der Waals surface area contributed by atoms with Crippen molar-refractivity contribution < 1.29 is 8.78 Å². The number of halogens is 2. The minimum Gasteiger partial charge on any atom is -0.322 e. The van der Waals surface area contributed by atoms with E-state index in [1.54, 1.807) is 10.9 Å². The number of nitrogens with two attached hydrogens (primary N) is 1. The summed E-state index contributed by atoms with van der Waals surface area (Å²) in [4.78, 5) is 0. The fourth-order valence-corrected chi connectivity index (χ4v) is 2.26. The van der Waals surface area contributed by atoms with Gasteiger partial charge in [0.1, 0.15) is 11.6 Å². The van der Waals surface area contributed by atoms with Gasteiger partial charge < -0.3 is 5.73 Å². The summed E-state index contributed by atoms with van der Waals surface area (Å²) in [5, 5.41) is 5.25. The van der Waals surface area contributed by atoms with Crippen molar-refractivity contribution in [1.82, 2.24) is 9.78 Å². The molecule has 0 amide bonds. The van der Waals surface area contributed by atoms with Crippen LogP contribution in [-0.4, -0.2) is 9.78 Å². The number of fused-ring (bicyclic) bond motifs is 1. The second-order valence-corrected chi connectivity index (χ2v) is 4.66. The van der Waals surface area contributed by atoms with Gasteiger partial charge in [0.05, 0.1) is 24.3 Å². The molecule has 0 aliphatic rings. The van der Waals surface area contributed by atoms with Crippen LogP contribution in [-0.2, 0) is 6.54 Å². The molecule has 3 nitrogen and oxygen atoms in total. The first-order valence-corrected chi connectivity index (χ1v) is 6.26. The first-order chi connectivity index (χ1) is 9.65. The molecule has 2 N–H and O–H groups in total. The molecule has 0 fully saturated rings. The van der Waals surface area contributed by atoms with E-state index in [1.807, 2.05) is 24.3 Å². The van der Waals surface area contributed by atoms with Gasteiger partial charge in [-0.2, -0.15) is 5.10 Å². The van der Waals surface area contributed by atoms with E-state index in [0.717, 1.165) is 17.0 Å². The average molecular weight is 273 g/mol. The first kappa shape index (κ1) is 12.7. The Kier molecular flexibility index (Phi) is 3.20. The zero-order valence-electron chi connectivity index (χ0n) is 10.6. The second-order valence-electron chi connectivity index (χ2n) is 4.66. The molecule has 0 aliphatic heterocycles. The lowest BCUT2D eigenvalue weighted by molar-refractivity contribution is 0.504. The van der Waals surface area contributed by atoms with Gasteiger partial charge in [0.25, 0.3) is 0 Å². The van der Waals surface area contributed by atoms with Crippen molar-refractivity contribution in [2.24, 2.45) is 5.73 Å². The Morgan fingerprint density at radius 3 is 2.75 bits per heavy atom. The molecule has 1 heterocycles. The van der Waals surface area contributed by atoms with Crippen molar-refractivity contribution in [3.8, 4) is 0 Å². The summed E-state index contributed by atoms with van der Waals surface area (Å²) >= 11 is 0. The van der Waals surface area contributed by atoms with Crippen LogP contribution in [0.2, 0.25) is 0 Å². The van der Waals surface area contributed by atoms with Crippen molar-refractivity contribution >= 4 is 10.9 Å². The van der Waals surface area contributed by atoms with Crippen LogP contribution >= 0.6 is 0 Å². The molecular weight excluding hydrogens is 260 g/mol. The summed E-state index contributed by atoms with van der Waals surface area (Å²) in [5.74, 6) is -1.24. The molecule has 5 heteroatoms. The smallest absolute Gasteiger partial charge is 0.130 e. The van der Waals surface area contributed by atoms with Gasteiger partial charge in [-0.15, -0.1) is 0 Å². The number of hydrogen-bond donors (Lipinski definition) is 1. The third-order valence-electron chi connectivity index (χ3n) is 3.28. The van der Waals surface area contributed by atoms with E-state index < -0.39 is 17.7 Å². The summed E-state index contributed by atoms with van der Waals surface area (Å²) in [6, 6.07) is 10.5. The minimum atomic E-state index is -0.631. The van der Waals surface area contributed by atoms with Gasteiger partial charge in [0.15, 0.2) is 0 Å². The molecule has 0 spiro atoms. The van der Waals surface area contributed by atoms with Crippen LogP contribution in [0.3, 0.4) is 0 Å². The Labute approximate surface area is 114 Å². The molecule has 0 aliphatic carbocycles. The monoisotopic (exact) mass is 273 g/mol. The van der Waals surface area contributed by atoms with E-state index in [0.29, 0.717) is 6.54 Å². The third kappa shape index (κ3) is 2.28. The van der Waals surface area contributed by atoms with Gasteiger partial charge in [-0.05, 0) is 12.1 Å². The lowest BCUT2D eigenvalue weighted by Gasteiger charge is -2.14. The Bertz CT molecular complexity index is 752. The van der Waals surface area contributed by atoms with Gasteiger partial charge in [-0.3, -0.25) is 4.68 Å². The second kappa shape index (κ2) is 5.02. The number of rotatable bonds is 3. The van der Waals surface area contributed by atoms with E-state index in [1.165, 1.54) is 12.1 Å². The highest BCUT2D eigenvalue weighted by atomic mass is 19.1.